The number of aliphatic hydroxyl groups excluding tert-OH is 1. The molecule has 8 nitrogen and oxygen atoms in total. The van der Waals surface area contributed by atoms with Gasteiger partial charge in [0.2, 0.25) is 5.91 Å². The third-order valence-corrected chi connectivity index (χ3v) is 6.09. The van der Waals surface area contributed by atoms with Crippen LogP contribution < -0.4 is 10.6 Å². The van der Waals surface area contributed by atoms with Crippen LogP contribution in [0.1, 0.15) is 69.3 Å². The van der Waals surface area contributed by atoms with Crippen molar-refractivity contribution in [3.8, 4) is 0 Å². The van der Waals surface area contributed by atoms with Gasteiger partial charge in [-0.15, -0.1) is 0 Å². The van der Waals surface area contributed by atoms with E-state index in [1.165, 1.54) is 4.90 Å². The van der Waals surface area contributed by atoms with Crippen LogP contribution in [0.3, 0.4) is 0 Å². The molecule has 0 radical (unpaired) electrons. The van der Waals surface area contributed by atoms with Crippen molar-refractivity contribution in [3.05, 3.63) is 64.7 Å². The second kappa shape index (κ2) is 13.4. The first-order valence-corrected chi connectivity index (χ1v) is 13.1. The van der Waals surface area contributed by atoms with Gasteiger partial charge in [0.15, 0.2) is 0 Å². The molecule has 2 aromatic rings. The minimum absolute atomic E-state index is 0.0650. The van der Waals surface area contributed by atoms with Gasteiger partial charge in [0.25, 0.3) is 5.91 Å². The highest BCUT2D eigenvalue weighted by Gasteiger charge is 2.37. The lowest BCUT2D eigenvalue weighted by Crippen LogP contribution is -2.53. The minimum atomic E-state index is -1.04. The molecule has 2 unspecified atom stereocenters. The van der Waals surface area contributed by atoms with Crippen molar-refractivity contribution in [2.24, 2.45) is 5.92 Å². The van der Waals surface area contributed by atoms with Crippen molar-refractivity contribution in [1.29, 1.82) is 0 Å². The normalized spacial score (nSPS) is 13.0. The Balaban J connectivity index is 2.55. The lowest BCUT2D eigenvalue weighted by atomic mass is 9.96. The molecule has 208 valence electrons. The first-order valence-electron chi connectivity index (χ1n) is 13.1. The standard InChI is InChI=1S/C30H43N3O5/c1-19(2)18-24(31-29(37)38-30(6,7)8)28(36)33(16-17-34)26(23-15-10-9-12-20(23)3)27(35)32-25-21(4)13-11-14-22(25)5/h9-15,19,24,26,34H,16-18H2,1-8H3,(H,31,37)(H,32,35). The SMILES string of the molecule is Cc1ccccc1C(C(=O)Nc1c(C)cccc1C)N(CCO)C(=O)C(CC(C)C)NC(=O)OC(C)(C)C. The fourth-order valence-corrected chi connectivity index (χ4v) is 4.36. The van der Waals surface area contributed by atoms with Crippen LogP contribution >= 0.6 is 0 Å². The number of para-hydroxylation sites is 1. The van der Waals surface area contributed by atoms with Crippen LogP contribution in [-0.2, 0) is 14.3 Å². The summed E-state index contributed by atoms with van der Waals surface area (Å²) < 4.78 is 5.41. The molecule has 0 bridgehead atoms. The molecule has 0 aliphatic rings. The van der Waals surface area contributed by atoms with Crippen LogP contribution in [0.5, 0.6) is 0 Å². The minimum Gasteiger partial charge on any atom is -0.444 e. The number of carbonyl (C=O) groups is 3. The van der Waals surface area contributed by atoms with Crippen LogP contribution in [0.2, 0.25) is 0 Å². The van der Waals surface area contributed by atoms with Gasteiger partial charge in [-0.25, -0.2) is 4.79 Å². The average Bonchev–Trinajstić information content (AvgIpc) is 2.80. The van der Waals surface area contributed by atoms with Crippen molar-refractivity contribution in [1.82, 2.24) is 10.2 Å². The number of hydrogen-bond donors (Lipinski definition) is 3. The largest absolute Gasteiger partial charge is 0.444 e. The number of nitrogens with zero attached hydrogens (tertiary/aromatic N) is 1. The molecule has 2 aromatic carbocycles. The molecule has 2 rings (SSSR count). The van der Waals surface area contributed by atoms with Crippen molar-refractivity contribution in [2.45, 2.75) is 79.5 Å². The van der Waals surface area contributed by atoms with Gasteiger partial charge >= 0.3 is 6.09 Å². The number of alkyl carbamates (subject to hydrolysis) is 1. The van der Waals surface area contributed by atoms with E-state index in [1.54, 1.807) is 26.8 Å². The predicted molar refractivity (Wildman–Crippen MR) is 150 cm³/mol. The Bertz CT molecular complexity index is 1100. The maximum atomic E-state index is 14.1. The van der Waals surface area contributed by atoms with Crippen molar-refractivity contribution in [2.75, 3.05) is 18.5 Å². The zero-order valence-electron chi connectivity index (χ0n) is 23.9. The van der Waals surface area contributed by atoms with E-state index in [9.17, 15) is 19.5 Å². The van der Waals surface area contributed by atoms with Crippen LogP contribution in [0.15, 0.2) is 42.5 Å². The number of amides is 3. The molecule has 0 heterocycles. The Hall–Kier alpha value is -3.39. The van der Waals surface area contributed by atoms with Crippen LogP contribution in [0, 0.1) is 26.7 Å². The van der Waals surface area contributed by atoms with Crippen molar-refractivity contribution < 1.29 is 24.2 Å². The molecule has 8 heteroatoms. The smallest absolute Gasteiger partial charge is 0.408 e. The Morgan fingerprint density at radius 2 is 1.53 bits per heavy atom. The first kappa shape index (κ1) is 30.8. The van der Waals surface area contributed by atoms with E-state index in [4.69, 9.17) is 4.74 Å². The number of ether oxygens (including phenoxy) is 1. The Kier molecular flexibility index (Phi) is 10.9. The number of rotatable bonds is 10. The highest BCUT2D eigenvalue weighted by atomic mass is 16.6. The maximum Gasteiger partial charge on any atom is 0.408 e. The molecule has 0 spiro atoms. The number of aryl methyl sites for hydroxylation is 3. The number of carbonyl (C=O) groups excluding carboxylic acids is 3. The van der Waals surface area contributed by atoms with E-state index in [2.05, 4.69) is 10.6 Å². The Morgan fingerprint density at radius 1 is 0.947 bits per heavy atom. The lowest BCUT2D eigenvalue weighted by Gasteiger charge is -2.35. The summed E-state index contributed by atoms with van der Waals surface area (Å²) in [7, 11) is 0. The molecule has 38 heavy (non-hydrogen) atoms. The molecule has 0 aliphatic carbocycles. The first-order chi connectivity index (χ1) is 17.7. The Labute approximate surface area is 226 Å². The maximum absolute atomic E-state index is 14.1. The molecule has 3 N–H and O–H groups in total. The number of aliphatic hydroxyl groups is 1. The highest BCUT2D eigenvalue weighted by molar-refractivity contribution is 6.00. The highest BCUT2D eigenvalue weighted by Crippen LogP contribution is 2.29. The summed E-state index contributed by atoms with van der Waals surface area (Å²) in [5.41, 5.74) is 3.19. The summed E-state index contributed by atoms with van der Waals surface area (Å²) in [5.74, 6) is -0.808. The van der Waals surface area contributed by atoms with E-state index in [0.717, 1.165) is 16.7 Å². The number of nitrogens with one attached hydrogen (secondary N) is 2. The molecular formula is C30H43N3O5. The number of anilines is 1. The summed E-state index contributed by atoms with van der Waals surface area (Å²) in [4.78, 5) is 42.0. The monoisotopic (exact) mass is 525 g/mol. The number of benzene rings is 2. The molecule has 0 fully saturated rings. The predicted octanol–water partition coefficient (Wildman–Crippen LogP) is 5.05. The van der Waals surface area contributed by atoms with Gasteiger partial charge in [-0.1, -0.05) is 56.3 Å². The van der Waals surface area contributed by atoms with Gasteiger partial charge in [0.1, 0.15) is 17.7 Å². The van der Waals surface area contributed by atoms with Crippen molar-refractivity contribution in [3.63, 3.8) is 0 Å². The fraction of sp³-hybridized carbons (Fsp3) is 0.500. The van der Waals surface area contributed by atoms with E-state index in [0.29, 0.717) is 17.7 Å². The zero-order valence-corrected chi connectivity index (χ0v) is 23.9. The van der Waals surface area contributed by atoms with Crippen LogP contribution in [-0.4, -0.2) is 52.7 Å². The summed E-state index contributed by atoms with van der Waals surface area (Å²) >= 11 is 0. The van der Waals surface area contributed by atoms with Crippen LogP contribution in [0.25, 0.3) is 0 Å². The third-order valence-electron chi connectivity index (χ3n) is 6.09. The van der Waals surface area contributed by atoms with Gasteiger partial charge in [0.05, 0.1) is 6.61 Å². The van der Waals surface area contributed by atoms with Crippen LogP contribution in [0.4, 0.5) is 10.5 Å². The molecular weight excluding hydrogens is 482 g/mol. The summed E-state index contributed by atoms with van der Waals surface area (Å²) in [6.45, 7) is 14.4. The van der Waals surface area contributed by atoms with Gasteiger partial charge < -0.3 is 25.4 Å². The van der Waals surface area contributed by atoms with E-state index < -0.39 is 35.6 Å². The second-order valence-corrected chi connectivity index (χ2v) is 11.1. The summed E-state index contributed by atoms with van der Waals surface area (Å²) in [5, 5.41) is 15.7. The molecule has 0 aromatic heterocycles. The van der Waals surface area contributed by atoms with Crippen molar-refractivity contribution >= 4 is 23.6 Å². The molecule has 3 amide bonds. The topological polar surface area (TPSA) is 108 Å². The van der Waals surface area contributed by atoms with E-state index in [-0.39, 0.29) is 19.1 Å². The van der Waals surface area contributed by atoms with Gasteiger partial charge in [0, 0.05) is 12.2 Å². The summed E-state index contributed by atoms with van der Waals surface area (Å²) in [6, 6.07) is 11.1. The molecule has 0 saturated carbocycles. The molecule has 0 saturated heterocycles. The average molecular weight is 526 g/mol. The van der Waals surface area contributed by atoms with Gasteiger partial charge in [-0.05, 0) is 76.1 Å². The molecule has 0 aliphatic heterocycles. The van der Waals surface area contributed by atoms with Gasteiger partial charge in [-0.2, -0.15) is 0 Å². The fourth-order valence-electron chi connectivity index (χ4n) is 4.36. The second-order valence-electron chi connectivity index (χ2n) is 11.1. The quantitative estimate of drug-likeness (QED) is 0.402. The third kappa shape index (κ3) is 8.58. The zero-order chi connectivity index (χ0) is 28.6. The summed E-state index contributed by atoms with van der Waals surface area (Å²) in [6.07, 6.45) is -0.383. The van der Waals surface area contributed by atoms with E-state index >= 15 is 0 Å². The molecule has 2 atom stereocenters. The number of hydrogen-bond acceptors (Lipinski definition) is 5. The van der Waals surface area contributed by atoms with E-state index in [1.807, 2.05) is 71.0 Å². The lowest BCUT2D eigenvalue weighted by molar-refractivity contribution is -0.141. The van der Waals surface area contributed by atoms with Gasteiger partial charge in [-0.3, -0.25) is 9.59 Å². The Morgan fingerprint density at radius 3 is 2.05 bits per heavy atom.